The van der Waals surface area contributed by atoms with Crippen LogP contribution in [0.15, 0.2) is 18.2 Å². The lowest BCUT2D eigenvalue weighted by Crippen LogP contribution is -2.45. The first kappa shape index (κ1) is 15.4. The van der Waals surface area contributed by atoms with E-state index in [-0.39, 0.29) is 29.9 Å². The average molecular weight is 310 g/mol. The number of nitrogens with zero attached hydrogens (tertiary/aromatic N) is 2. The molecule has 2 aliphatic rings. The lowest BCUT2D eigenvalue weighted by Gasteiger charge is -2.30. The lowest BCUT2D eigenvalue weighted by molar-refractivity contribution is -0.132. The van der Waals surface area contributed by atoms with Gasteiger partial charge < -0.3 is 9.64 Å². The summed E-state index contributed by atoms with van der Waals surface area (Å²) in [6.45, 7) is 3.38. The third kappa shape index (κ3) is 3.28. The Morgan fingerprint density at radius 1 is 1.27 bits per heavy atom. The van der Waals surface area contributed by atoms with E-state index in [0.717, 1.165) is 12.6 Å². The minimum absolute atomic E-state index is 0.0316. The Kier molecular flexibility index (Phi) is 4.40. The van der Waals surface area contributed by atoms with Gasteiger partial charge in [0.05, 0.1) is 25.7 Å². The highest BCUT2D eigenvalue weighted by atomic mass is 19.1. The molecular formula is C16H20F2N2O2. The highest BCUT2D eigenvalue weighted by Crippen LogP contribution is 2.19. The molecule has 3 rings (SSSR count). The zero-order valence-electron chi connectivity index (χ0n) is 12.6. The second-order valence-corrected chi connectivity index (χ2v) is 6.21. The number of likely N-dealkylation sites (N-methyl/N-ethyl adjacent to an activating group) is 1. The SMILES string of the molecule is CN1C[C@H]2COC[C@@H]1CN(C(=O)Cc1ccc(F)cc1F)C2. The van der Waals surface area contributed by atoms with Crippen molar-refractivity contribution >= 4 is 5.91 Å². The van der Waals surface area contributed by atoms with Crippen LogP contribution in [-0.2, 0) is 16.0 Å². The first-order valence-corrected chi connectivity index (χ1v) is 7.52. The molecule has 0 aromatic heterocycles. The van der Waals surface area contributed by atoms with Gasteiger partial charge in [0.1, 0.15) is 11.6 Å². The highest BCUT2D eigenvalue weighted by Gasteiger charge is 2.33. The molecule has 2 saturated heterocycles. The average Bonchev–Trinajstić information content (AvgIpc) is 2.70. The molecule has 1 aromatic carbocycles. The molecular weight excluding hydrogens is 290 g/mol. The second kappa shape index (κ2) is 6.30. The zero-order chi connectivity index (χ0) is 15.7. The maximum absolute atomic E-state index is 13.7. The molecule has 2 bridgehead atoms. The van der Waals surface area contributed by atoms with Crippen molar-refractivity contribution < 1.29 is 18.3 Å². The van der Waals surface area contributed by atoms with E-state index in [1.807, 2.05) is 7.05 Å². The van der Waals surface area contributed by atoms with Gasteiger partial charge in [-0.3, -0.25) is 9.69 Å². The van der Waals surface area contributed by atoms with Gasteiger partial charge in [-0.25, -0.2) is 8.78 Å². The number of carbonyl (C=O) groups is 1. The molecule has 6 heteroatoms. The third-order valence-corrected chi connectivity index (χ3v) is 4.45. The Bertz CT molecular complexity index is 567. The van der Waals surface area contributed by atoms with Crippen molar-refractivity contribution in [1.82, 2.24) is 9.80 Å². The predicted octanol–water partition coefficient (Wildman–Crippen LogP) is 1.30. The minimum Gasteiger partial charge on any atom is -0.379 e. The molecule has 2 atom stereocenters. The van der Waals surface area contributed by atoms with Crippen LogP contribution in [0, 0.1) is 17.6 Å². The quantitative estimate of drug-likeness (QED) is 0.825. The molecule has 0 N–H and O–H groups in total. The molecule has 120 valence electrons. The Morgan fingerprint density at radius 3 is 2.86 bits per heavy atom. The topological polar surface area (TPSA) is 32.8 Å². The smallest absolute Gasteiger partial charge is 0.227 e. The molecule has 0 spiro atoms. The van der Waals surface area contributed by atoms with Gasteiger partial charge in [0, 0.05) is 31.6 Å². The number of carbonyl (C=O) groups excluding carboxylic acids is 1. The van der Waals surface area contributed by atoms with Crippen LogP contribution in [-0.4, -0.2) is 61.6 Å². The summed E-state index contributed by atoms with van der Waals surface area (Å²) in [6, 6.07) is 3.52. The molecule has 2 fully saturated rings. The summed E-state index contributed by atoms with van der Waals surface area (Å²) in [5, 5.41) is 0. The van der Waals surface area contributed by atoms with E-state index < -0.39 is 11.6 Å². The van der Waals surface area contributed by atoms with Crippen LogP contribution < -0.4 is 0 Å². The van der Waals surface area contributed by atoms with Crippen LogP contribution in [0.4, 0.5) is 8.78 Å². The van der Waals surface area contributed by atoms with Gasteiger partial charge in [0.2, 0.25) is 5.91 Å². The number of rotatable bonds is 2. The van der Waals surface area contributed by atoms with Gasteiger partial charge in [-0.15, -0.1) is 0 Å². The fourth-order valence-corrected chi connectivity index (χ4v) is 3.19. The van der Waals surface area contributed by atoms with Crippen molar-refractivity contribution in [3.8, 4) is 0 Å². The van der Waals surface area contributed by atoms with Crippen LogP contribution in [0.25, 0.3) is 0 Å². The third-order valence-electron chi connectivity index (χ3n) is 4.45. The van der Waals surface area contributed by atoms with E-state index in [1.165, 1.54) is 12.1 Å². The Balaban J connectivity index is 1.72. The zero-order valence-corrected chi connectivity index (χ0v) is 12.6. The molecule has 0 aliphatic carbocycles. The number of hydrogen-bond acceptors (Lipinski definition) is 3. The molecule has 1 aromatic rings. The van der Waals surface area contributed by atoms with E-state index in [4.69, 9.17) is 4.74 Å². The van der Waals surface area contributed by atoms with Crippen molar-refractivity contribution in [2.45, 2.75) is 12.5 Å². The molecule has 0 saturated carbocycles. The van der Waals surface area contributed by atoms with Crippen molar-refractivity contribution in [3.63, 3.8) is 0 Å². The summed E-state index contributed by atoms with van der Waals surface area (Å²) in [4.78, 5) is 16.5. The number of benzene rings is 1. The first-order valence-electron chi connectivity index (χ1n) is 7.52. The summed E-state index contributed by atoms with van der Waals surface area (Å²) in [7, 11) is 2.04. The minimum atomic E-state index is -0.663. The summed E-state index contributed by atoms with van der Waals surface area (Å²) >= 11 is 0. The molecule has 1 amide bonds. The molecule has 4 nitrogen and oxygen atoms in total. The largest absolute Gasteiger partial charge is 0.379 e. The maximum Gasteiger partial charge on any atom is 0.227 e. The standard InChI is InChI=1S/C16H20F2N2O2/c1-19-6-11-7-20(8-14(19)10-22-9-11)16(21)4-12-2-3-13(17)5-15(12)18/h2-3,5,11,14H,4,6-10H2,1H3/t11-,14+/m1/s1. The van der Waals surface area contributed by atoms with Crippen molar-refractivity contribution in [1.29, 1.82) is 0 Å². The normalized spacial score (nSPS) is 25.9. The number of hydrogen-bond donors (Lipinski definition) is 0. The van der Waals surface area contributed by atoms with Crippen LogP contribution in [0.5, 0.6) is 0 Å². The maximum atomic E-state index is 13.7. The Hall–Kier alpha value is -1.53. The van der Waals surface area contributed by atoms with Crippen LogP contribution in [0.2, 0.25) is 0 Å². The first-order chi connectivity index (χ1) is 10.5. The van der Waals surface area contributed by atoms with Gasteiger partial charge in [-0.05, 0) is 18.7 Å². The number of amides is 1. The van der Waals surface area contributed by atoms with Gasteiger partial charge in [-0.1, -0.05) is 6.07 Å². The monoisotopic (exact) mass is 310 g/mol. The van der Waals surface area contributed by atoms with E-state index in [9.17, 15) is 13.6 Å². The fraction of sp³-hybridized carbons (Fsp3) is 0.562. The van der Waals surface area contributed by atoms with E-state index in [0.29, 0.717) is 26.3 Å². The molecule has 2 aliphatic heterocycles. The van der Waals surface area contributed by atoms with Gasteiger partial charge >= 0.3 is 0 Å². The van der Waals surface area contributed by atoms with Crippen LogP contribution in [0.3, 0.4) is 0 Å². The van der Waals surface area contributed by atoms with Gasteiger partial charge in [0.25, 0.3) is 0 Å². The molecule has 22 heavy (non-hydrogen) atoms. The molecule has 2 heterocycles. The summed E-state index contributed by atoms with van der Waals surface area (Å²) in [5.74, 6) is -1.13. The van der Waals surface area contributed by atoms with Gasteiger partial charge in [0.15, 0.2) is 0 Å². The Labute approximate surface area is 128 Å². The molecule has 0 unspecified atom stereocenters. The van der Waals surface area contributed by atoms with E-state index in [2.05, 4.69) is 4.90 Å². The van der Waals surface area contributed by atoms with Gasteiger partial charge in [-0.2, -0.15) is 0 Å². The summed E-state index contributed by atoms with van der Waals surface area (Å²) in [5.41, 5.74) is 0.241. The fourth-order valence-electron chi connectivity index (χ4n) is 3.19. The highest BCUT2D eigenvalue weighted by molar-refractivity contribution is 5.79. The Morgan fingerprint density at radius 2 is 2.09 bits per heavy atom. The van der Waals surface area contributed by atoms with Crippen LogP contribution >= 0.6 is 0 Å². The number of halogens is 2. The summed E-state index contributed by atoms with van der Waals surface area (Å²) < 4.78 is 32.3. The number of fused-ring (bicyclic) bond motifs is 3. The lowest BCUT2D eigenvalue weighted by atomic mass is 10.1. The second-order valence-electron chi connectivity index (χ2n) is 6.21. The van der Waals surface area contributed by atoms with Crippen molar-refractivity contribution in [2.75, 3.05) is 39.9 Å². The van der Waals surface area contributed by atoms with E-state index in [1.54, 1.807) is 4.90 Å². The van der Waals surface area contributed by atoms with Crippen molar-refractivity contribution in [2.24, 2.45) is 5.92 Å². The summed E-state index contributed by atoms with van der Waals surface area (Å²) in [6.07, 6.45) is -0.0316. The van der Waals surface area contributed by atoms with Crippen molar-refractivity contribution in [3.05, 3.63) is 35.4 Å². The number of ether oxygens (including phenoxy) is 1. The predicted molar refractivity (Wildman–Crippen MR) is 77.4 cm³/mol. The van der Waals surface area contributed by atoms with Crippen LogP contribution in [0.1, 0.15) is 5.56 Å². The molecule has 0 radical (unpaired) electrons. The van der Waals surface area contributed by atoms with E-state index >= 15 is 0 Å².